The molecule has 0 saturated carbocycles. The van der Waals surface area contributed by atoms with Crippen LogP contribution in [0.3, 0.4) is 0 Å². The topological polar surface area (TPSA) is 189 Å². The fraction of sp³-hybridized carbons (Fsp3) is 0. The van der Waals surface area contributed by atoms with Crippen molar-refractivity contribution in [2.45, 2.75) is 0 Å². The van der Waals surface area contributed by atoms with Crippen LogP contribution in [0.1, 0.15) is 0 Å². The van der Waals surface area contributed by atoms with Crippen molar-refractivity contribution >= 4 is 100 Å². The standard InChI is InChI=1S/2C6H5NO2.C6H6.3Cl2O2S/c2*8-7(9)6-4-2-1-3-5-6;1-2-4-6-5-3-1;3*1-5(2,3)4/h2*1-5H;1-6H;;;. The van der Waals surface area contributed by atoms with Crippen LogP contribution in [-0.4, -0.2) is 35.1 Å². The van der Waals surface area contributed by atoms with Gasteiger partial charge in [-0.2, -0.15) is 25.3 Å². The predicted octanol–water partition coefficient (Wildman–Crippen LogP) is 7.00. The average molecular weight is 729 g/mol. The molecule has 3 aromatic rings. The van der Waals surface area contributed by atoms with Crippen LogP contribution >= 0.6 is 64.1 Å². The molecule has 0 fully saturated rings. The Kier molecular flexibility index (Phi) is 24.3. The molecule has 0 aliphatic heterocycles. The zero-order chi connectivity index (χ0) is 31.1. The molecule has 21 heteroatoms. The molecule has 0 N–H and O–H groups in total. The maximum absolute atomic E-state index is 10.0. The molecule has 218 valence electrons. The molecule has 0 amide bonds. The van der Waals surface area contributed by atoms with E-state index in [1.54, 1.807) is 36.4 Å². The number of para-hydroxylation sites is 2. The van der Waals surface area contributed by atoms with Gasteiger partial charge in [-0.1, -0.05) is 72.8 Å². The molecule has 0 atom stereocenters. The molecule has 0 aliphatic carbocycles. The number of hydrogen-bond donors (Lipinski definition) is 0. The molecule has 0 heterocycles. The molecule has 0 aliphatic rings. The van der Waals surface area contributed by atoms with E-state index in [0.717, 1.165) is 0 Å². The number of rotatable bonds is 2. The fourth-order valence-corrected chi connectivity index (χ4v) is 1.48. The second-order valence-corrected chi connectivity index (χ2v) is 16.5. The van der Waals surface area contributed by atoms with E-state index < -0.39 is 34.6 Å². The van der Waals surface area contributed by atoms with Crippen molar-refractivity contribution in [3.05, 3.63) is 117 Å². The number of nitro benzene ring substituents is 2. The molecule has 3 aromatic carbocycles. The third-order valence-electron chi connectivity index (χ3n) is 2.60. The molecule has 0 unspecified atom stereocenters. The summed E-state index contributed by atoms with van der Waals surface area (Å²) in [6.07, 6.45) is 0. The lowest BCUT2D eigenvalue weighted by Gasteiger charge is -1.85. The second kappa shape index (κ2) is 22.8. The van der Waals surface area contributed by atoms with Gasteiger partial charge in [-0.25, -0.2) is 0 Å². The number of nitrogens with zero attached hydrogens (tertiary/aromatic N) is 2. The van der Waals surface area contributed by atoms with Crippen molar-refractivity contribution in [3.8, 4) is 0 Å². The third kappa shape index (κ3) is 53.1. The lowest BCUT2D eigenvalue weighted by Crippen LogP contribution is -1.84. The van der Waals surface area contributed by atoms with Crippen molar-refractivity contribution in [2.24, 2.45) is 0 Å². The number of nitro groups is 2. The van der Waals surface area contributed by atoms with Gasteiger partial charge in [0.2, 0.25) is 0 Å². The lowest BCUT2D eigenvalue weighted by atomic mass is 10.3. The fourth-order valence-electron chi connectivity index (χ4n) is 1.48. The van der Waals surface area contributed by atoms with Gasteiger partial charge in [-0.05, 0) is 0 Å². The molecule has 3 rings (SSSR count). The van der Waals surface area contributed by atoms with Gasteiger partial charge in [0.25, 0.3) is 11.4 Å². The average Bonchev–Trinajstić information content (AvgIpc) is 2.79. The molecule has 0 spiro atoms. The van der Waals surface area contributed by atoms with Gasteiger partial charge in [-0.3, -0.25) is 20.2 Å². The zero-order valence-electron chi connectivity index (χ0n) is 18.7. The highest BCUT2D eigenvalue weighted by Crippen LogP contribution is 2.07. The highest BCUT2D eigenvalue weighted by molar-refractivity contribution is 8.32. The van der Waals surface area contributed by atoms with Crippen LogP contribution in [0.5, 0.6) is 0 Å². The Hall–Kier alpha value is -1.95. The summed E-state index contributed by atoms with van der Waals surface area (Å²) in [5, 5.41) is 20.0. The van der Waals surface area contributed by atoms with Crippen molar-refractivity contribution in [1.29, 1.82) is 0 Å². The largest absolute Gasteiger partial charge is 0.317 e. The van der Waals surface area contributed by atoms with Gasteiger partial charge in [-0.15, -0.1) is 0 Å². The van der Waals surface area contributed by atoms with Gasteiger partial charge >= 0.3 is 24.8 Å². The smallest absolute Gasteiger partial charge is 0.258 e. The quantitative estimate of drug-likeness (QED) is 0.151. The highest BCUT2D eigenvalue weighted by atomic mass is 36.0. The summed E-state index contributed by atoms with van der Waals surface area (Å²) in [5.41, 5.74) is 0.273. The van der Waals surface area contributed by atoms with Gasteiger partial charge < -0.3 is 0 Å². The molecule has 0 saturated heterocycles. The lowest BCUT2D eigenvalue weighted by molar-refractivity contribution is -0.385. The highest BCUT2D eigenvalue weighted by Gasteiger charge is 1.99. The van der Waals surface area contributed by atoms with Gasteiger partial charge in [0, 0.05) is 88.4 Å². The maximum atomic E-state index is 10.0. The van der Waals surface area contributed by atoms with E-state index in [1.807, 2.05) is 36.4 Å². The van der Waals surface area contributed by atoms with E-state index in [9.17, 15) is 20.2 Å². The van der Waals surface area contributed by atoms with Crippen LogP contribution in [0.4, 0.5) is 11.4 Å². The summed E-state index contributed by atoms with van der Waals surface area (Å²) >= 11 is 0. The molecular formula is C18H16Cl6N2O10S3. The first-order valence-corrected chi connectivity index (χ1v) is 18.3. The van der Waals surface area contributed by atoms with E-state index in [0.29, 0.717) is 0 Å². The van der Waals surface area contributed by atoms with Crippen LogP contribution in [0.2, 0.25) is 0 Å². The van der Waals surface area contributed by atoms with Gasteiger partial charge in [0.15, 0.2) is 0 Å². The monoisotopic (exact) mass is 726 g/mol. The minimum atomic E-state index is -3.72. The normalized spacial score (nSPS) is 9.79. The van der Waals surface area contributed by atoms with E-state index in [-0.39, 0.29) is 11.4 Å². The Balaban J connectivity index is -0.000000409. The maximum Gasteiger partial charge on any atom is 0.317 e. The zero-order valence-corrected chi connectivity index (χ0v) is 25.7. The van der Waals surface area contributed by atoms with Gasteiger partial charge in [0.1, 0.15) is 0 Å². The Morgan fingerprint density at radius 2 is 0.538 bits per heavy atom. The first-order valence-electron chi connectivity index (χ1n) is 8.92. The van der Waals surface area contributed by atoms with Crippen LogP contribution in [0.15, 0.2) is 97.1 Å². The van der Waals surface area contributed by atoms with E-state index in [4.69, 9.17) is 25.3 Å². The number of benzene rings is 3. The molecule has 0 aromatic heterocycles. The Labute approximate surface area is 251 Å². The Morgan fingerprint density at radius 1 is 0.410 bits per heavy atom. The van der Waals surface area contributed by atoms with E-state index >= 15 is 0 Å². The minimum absolute atomic E-state index is 0.137. The van der Waals surface area contributed by atoms with Crippen molar-refractivity contribution in [1.82, 2.24) is 0 Å². The van der Waals surface area contributed by atoms with Crippen LogP contribution < -0.4 is 0 Å². The van der Waals surface area contributed by atoms with Crippen molar-refractivity contribution < 1.29 is 35.1 Å². The SMILES string of the molecule is O=S(=O)(Cl)Cl.O=S(=O)(Cl)Cl.O=S(=O)(Cl)Cl.O=[N+]([O-])c1ccccc1.O=[N+]([O-])c1ccccc1.c1ccccc1. The first kappa shape index (κ1) is 41.5. The summed E-state index contributed by atoms with van der Waals surface area (Å²) in [5.74, 6) is 0. The molecule has 0 bridgehead atoms. The second-order valence-electron chi connectivity index (χ2n) is 5.48. The van der Waals surface area contributed by atoms with Crippen molar-refractivity contribution in [3.63, 3.8) is 0 Å². The first-order chi connectivity index (χ1) is 17.6. The van der Waals surface area contributed by atoms with Crippen LogP contribution in [0.25, 0.3) is 0 Å². The molecule has 12 nitrogen and oxygen atoms in total. The minimum Gasteiger partial charge on any atom is -0.258 e. The van der Waals surface area contributed by atoms with E-state index in [1.165, 1.54) is 24.3 Å². The predicted molar refractivity (Wildman–Crippen MR) is 155 cm³/mol. The molecule has 0 radical (unpaired) electrons. The summed E-state index contributed by atoms with van der Waals surface area (Å²) < 4.78 is 55.0. The Bertz CT molecular complexity index is 1230. The summed E-state index contributed by atoms with van der Waals surface area (Å²) in [4.78, 5) is 19.2. The third-order valence-corrected chi connectivity index (χ3v) is 2.60. The molecular weight excluding hydrogens is 713 g/mol. The van der Waals surface area contributed by atoms with Gasteiger partial charge in [0.05, 0.1) is 9.85 Å². The number of halogens is 6. The van der Waals surface area contributed by atoms with E-state index in [2.05, 4.69) is 64.1 Å². The Morgan fingerprint density at radius 3 is 0.641 bits per heavy atom. The number of hydrogen-bond acceptors (Lipinski definition) is 10. The van der Waals surface area contributed by atoms with Crippen LogP contribution in [-0.2, 0) is 24.8 Å². The molecule has 39 heavy (non-hydrogen) atoms. The summed E-state index contributed by atoms with van der Waals surface area (Å²) in [7, 11) is 14.4. The summed E-state index contributed by atoms with van der Waals surface area (Å²) in [6, 6.07) is 27.9. The van der Waals surface area contributed by atoms with Crippen LogP contribution in [0, 0.1) is 20.2 Å². The number of non-ortho nitro benzene ring substituents is 2. The van der Waals surface area contributed by atoms with Crippen molar-refractivity contribution in [2.75, 3.05) is 0 Å². The summed E-state index contributed by atoms with van der Waals surface area (Å²) in [6.45, 7) is 0.